The van der Waals surface area contributed by atoms with Gasteiger partial charge in [-0.25, -0.2) is 4.39 Å². The van der Waals surface area contributed by atoms with Crippen LogP contribution in [0.1, 0.15) is 18.9 Å². The Labute approximate surface area is 106 Å². The van der Waals surface area contributed by atoms with Gasteiger partial charge in [-0.1, -0.05) is 23.7 Å². The Morgan fingerprint density at radius 3 is 2.88 bits per heavy atom. The van der Waals surface area contributed by atoms with Crippen molar-refractivity contribution < 1.29 is 9.50 Å². The van der Waals surface area contributed by atoms with Gasteiger partial charge in [0, 0.05) is 19.0 Å². The Kier molecular flexibility index (Phi) is 3.43. The molecule has 1 aliphatic rings. The van der Waals surface area contributed by atoms with Crippen LogP contribution in [0.4, 0.5) is 4.39 Å². The number of likely N-dealkylation sites (N-methyl/N-ethyl adjacent to an activating group) is 1. The standard InChI is InChI=1S/C13H17ClFNO/c1-9-6-13(17,8-16(9)2)7-10-4-3-5-11(14)12(10)15/h3-5,9,17H,6-8H2,1-2H3. The molecule has 2 unspecified atom stereocenters. The summed E-state index contributed by atoms with van der Waals surface area (Å²) in [6, 6.07) is 5.24. The predicted octanol–water partition coefficient (Wildman–Crippen LogP) is 2.48. The molecule has 94 valence electrons. The Morgan fingerprint density at radius 2 is 2.29 bits per heavy atom. The summed E-state index contributed by atoms with van der Waals surface area (Å²) >= 11 is 5.73. The van der Waals surface area contributed by atoms with Gasteiger partial charge in [0.2, 0.25) is 0 Å². The van der Waals surface area contributed by atoms with Crippen LogP contribution >= 0.6 is 11.6 Å². The highest BCUT2D eigenvalue weighted by Gasteiger charge is 2.39. The molecular weight excluding hydrogens is 241 g/mol. The predicted molar refractivity (Wildman–Crippen MR) is 66.8 cm³/mol. The van der Waals surface area contributed by atoms with Crippen LogP contribution in [0, 0.1) is 5.82 Å². The third-order valence-corrected chi connectivity index (χ3v) is 3.81. The molecule has 1 aromatic rings. The number of β-amino-alcohol motifs (C(OH)–C–C–N with tert-alkyl or cyclic N) is 1. The van der Waals surface area contributed by atoms with Crippen LogP contribution in [0.5, 0.6) is 0 Å². The lowest BCUT2D eigenvalue weighted by molar-refractivity contribution is 0.0512. The van der Waals surface area contributed by atoms with Gasteiger partial charge in [-0.3, -0.25) is 0 Å². The molecule has 17 heavy (non-hydrogen) atoms. The van der Waals surface area contributed by atoms with Gasteiger partial charge in [0.25, 0.3) is 0 Å². The van der Waals surface area contributed by atoms with Crippen LogP contribution in [0.2, 0.25) is 5.02 Å². The van der Waals surface area contributed by atoms with Crippen LogP contribution in [-0.4, -0.2) is 35.2 Å². The van der Waals surface area contributed by atoms with E-state index in [2.05, 4.69) is 11.8 Å². The van der Waals surface area contributed by atoms with E-state index < -0.39 is 11.4 Å². The first-order valence-corrected chi connectivity index (χ1v) is 6.15. The van der Waals surface area contributed by atoms with Crippen molar-refractivity contribution in [3.05, 3.63) is 34.6 Å². The minimum absolute atomic E-state index is 0.116. The molecule has 2 nitrogen and oxygen atoms in total. The van der Waals surface area contributed by atoms with Crippen molar-refractivity contribution in [1.29, 1.82) is 0 Å². The van der Waals surface area contributed by atoms with Gasteiger partial charge < -0.3 is 10.0 Å². The Balaban J connectivity index is 2.19. The summed E-state index contributed by atoms with van der Waals surface area (Å²) in [4.78, 5) is 2.09. The molecule has 1 heterocycles. The summed E-state index contributed by atoms with van der Waals surface area (Å²) in [5.74, 6) is -0.412. The minimum Gasteiger partial charge on any atom is -0.388 e. The third kappa shape index (κ3) is 2.62. The van der Waals surface area contributed by atoms with Crippen molar-refractivity contribution in [3.8, 4) is 0 Å². The first kappa shape index (κ1) is 12.8. The zero-order valence-corrected chi connectivity index (χ0v) is 10.8. The lowest BCUT2D eigenvalue weighted by Gasteiger charge is -2.22. The molecule has 1 aromatic carbocycles. The van der Waals surface area contributed by atoms with Crippen molar-refractivity contribution in [3.63, 3.8) is 0 Å². The van der Waals surface area contributed by atoms with E-state index in [1.165, 1.54) is 6.07 Å². The van der Waals surface area contributed by atoms with E-state index in [0.29, 0.717) is 31.0 Å². The number of rotatable bonds is 2. The van der Waals surface area contributed by atoms with E-state index in [4.69, 9.17) is 11.6 Å². The molecule has 0 amide bonds. The van der Waals surface area contributed by atoms with Crippen LogP contribution in [0.25, 0.3) is 0 Å². The number of hydrogen-bond acceptors (Lipinski definition) is 2. The maximum Gasteiger partial charge on any atom is 0.145 e. The van der Waals surface area contributed by atoms with E-state index in [1.807, 2.05) is 7.05 Å². The van der Waals surface area contributed by atoms with Crippen molar-refractivity contribution >= 4 is 11.6 Å². The van der Waals surface area contributed by atoms with Crippen molar-refractivity contribution in [2.24, 2.45) is 0 Å². The lowest BCUT2D eigenvalue weighted by atomic mass is 9.92. The lowest BCUT2D eigenvalue weighted by Crippen LogP contribution is -2.34. The zero-order valence-electron chi connectivity index (χ0n) is 10.1. The van der Waals surface area contributed by atoms with E-state index >= 15 is 0 Å². The minimum atomic E-state index is -0.848. The van der Waals surface area contributed by atoms with E-state index in [9.17, 15) is 9.50 Å². The van der Waals surface area contributed by atoms with Crippen LogP contribution in [0.15, 0.2) is 18.2 Å². The van der Waals surface area contributed by atoms with Gasteiger partial charge in [-0.05, 0) is 32.0 Å². The molecule has 0 aliphatic carbocycles. The summed E-state index contributed by atoms with van der Waals surface area (Å²) in [6.07, 6.45) is 0.976. The number of aliphatic hydroxyl groups is 1. The van der Waals surface area contributed by atoms with Crippen molar-refractivity contribution in [2.45, 2.75) is 31.4 Å². The number of nitrogens with zero attached hydrogens (tertiary/aromatic N) is 1. The average molecular weight is 258 g/mol. The highest BCUT2D eigenvalue weighted by molar-refractivity contribution is 6.30. The smallest absolute Gasteiger partial charge is 0.145 e. The van der Waals surface area contributed by atoms with Crippen molar-refractivity contribution in [1.82, 2.24) is 4.90 Å². The first-order chi connectivity index (χ1) is 7.91. The molecule has 0 saturated carbocycles. The van der Waals surface area contributed by atoms with Crippen molar-refractivity contribution in [2.75, 3.05) is 13.6 Å². The molecule has 1 fully saturated rings. The summed E-state index contributed by atoms with van der Waals surface area (Å²) < 4.78 is 13.8. The van der Waals surface area contributed by atoms with Gasteiger partial charge in [0.1, 0.15) is 5.82 Å². The molecular formula is C13H17ClFNO. The highest BCUT2D eigenvalue weighted by Crippen LogP contribution is 2.30. The fourth-order valence-corrected chi connectivity index (χ4v) is 2.75. The quantitative estimate of drug-likeness (QED) is 0.880. The Morgan fingerprint density at radius 1 is 1.59 bits per heavy atom. The summed E-state index contributed by atoms with van der Waals surface area (Å²) in [5, 5.41) is 10.6. The fraction of sp³-hybridized carbons (Fsp3) is 0.538. The maximum atomic E-state index is 13.8. The normalized spacial score (nSPS) is 29.8. The number of halogens is 2. The number of hydrogen-bond donors (Lipinski definition) is 1. The molecule has 0 bridgehead atoms. The largest absolute Gasteiger partial charge is 0.388 e. The Hall–Kier alpha value is -0.640. The topological polar surface area (TPSA) is 23.5 Å². The molecule has 0 spiro atoms. The molecule has 1 saturated heterocycles. The second kappa shape index (κ2) is 4.56. The second-order valence-corrected chi connectivity index (χ2v) is 5.49. The number of likely N-dealkylation sites (tertiary alicyclic amines) is 1. The SMILES string of the molecule is CC1CC(O)(Cc2cccc(Cl)c2F)CN1C. The van der Waals surface area contributed by atoms with Crippen LogP contribution in [0.3, 0.4) is 0 Å². The second-order valence-electron chi connectivity index (χ2n) is 5.08. The monoisotopic (exact) mass is 257 g/mol. The maximum absolute atomic E-state index is 13.8. The number of benzene rings is 1. The molecule has 2 rings (SSSR count). The van der Waals surface area contributed by atoms with E-state index in [1.54, 1.807) is 12.1 Å². The van der Waals surface area contributed by atoms with Gasteiger partial charge in [-0.15, -0.1) is 0 Å². The fourth-order valence-electron chi connectivity index (χ4n) is 2.56. The van der Waals surface area contributed by atoms with E-state index in [-0.39, 0.29) is 5.02 Å². The Bertz CT molecular complexity index is 414. The van der Waals surface area contributed by atoms with Gasteiger partial charge >= 0.3 is 0 Å². The summed E-state index contributed by atoms with van der Waals surface area (Å²) in [7, 11) is 1.97. The molecule has 0 aromatic heterocycles. The van der Waals surface area contributed by atoms with Gasteiger partial charge in [0.15, 0.2) is 0 Å². The first-order valence-electron chi connectivity index (χ1n) is 5.77. The summed E-state index contributed by atoms with van der Waals surface area (Å²) in [5.41, 5.74) is -0.359. The summed E-state index contributed by atoms with van der Waals surface area (Å²) in [6.45, 7) is 2.63. The zero-order chi connectivity index (χ0) is 12.6. The highest BCUT2D eigenvalue weighted by atomic mass is 35.5. The average Bonchev–Trinajstić information content (AvgIpc) is 2.48. The van der Waals surface area contributed by atoms with Crippen LogP contribution in [-0.2, 0) is 6.42 Å². The van der Waals surface area contributed by atoms with Crippen LogP contribution < -0.4 is 0 Å². The molecule has 4 heteroatoms. The molecule has 2 atom stereocenters. The third-order valence-electron chi connectivity index (χ3n) is 3.52. The van der Waals surface area contributed by atoms with Gasteiger partial charge in [0.05, 0.1) is 10.6 Å². The van der Waals surface area contributed by atoms with E-state index in [0.717, 1.165) is 0 Å². The molecule has 1 N–H and O–H groups in total. The molecule has 0 radical (unpaired) electrons. The van der Waals surface area contributed by atoms with Gasteiger partial charge in [-0.2, -0.15) is 0 Å². The molecule has 1 aliphatic heterocycles.